The molecule has 1 heterocycles. The van der Waals surface area contributed by atoms with Gasteiger partial charge in [0.1, 0.15) is 5.82 Å². The highest BCUT2D eigenvalue weighted by Crippen LogP contribution is 2.20. The van der Waals surface area contributed by atoms with Crippen LogP contribution in [-0.2, 0) is 13.1 Å². The SMILES string of the molecule is Cc1cc(C)c(CNC(=O)N(C)Cc2c(F)cccc2Cl)c(=O)[nH]1. The zero-order chi connectivity index (χ0) is 17.9. The maximum Gasteiger partial charge on any atom is 0.317 e. The summed E-state index contributed by atoms with van der Waals surface area (Å²) in [5, 5.41) is 2.92. The molecule has 1 aromatic heterocycles. The van der Waals surface area contributed by atoms with Crippen LogP contribution in [0.2, 0.25) is 5.02 Å². The molecule has 2 N–H and O–H groups in total. The number of hydrogen-bond donors (Lipinski definition) is 2. The molecule has 0 saturated heterocycles. The Morgan fingerprint density at radius 1 is 1.33 bits per heavy atom. The smallest absolute Gasteiger partial charge is 0.317 e. The summed E-state index contributed by atoms with van der Waals surface area (Å²) >= 11 is 5.96. The topological polar surface area (TPSA) is 65.2 Å². The van der Waals surface area contributed by atoms with Crippen molar-refractivity contribution >= 4 is 17.6 Å². The van der Waals surface area contributed by atoms with E-state index in [0.29, 0.717) is 5.56 Å². The number of amides is 2. The Morgan fingerprint density at radius 2 is 2.04 bits per heavy atom. The van der Waals surface area contributed by atoms with E-state index < -0.39 is 11.8 Å². The van der Waals surface area contributed by atoms with Crippen LogP contribution in [-0.4, -0.2) is 23.0 Å². The number of rotatable bonds is 4. The third-order valence-electron chi connectivity index (χ3n) is 3.71. The lowest BCUT2D eigenvalue weighted by Gasteiger charge is -2.19. The molecule has 0 radical (unpaired) electrons. The first-order valence-electron chi connectivity index (χ1n) is 7.41. The van der Waals surface area contributed by atoms with Crippen molar-refractivity contribution in [1.29, 1.82) is 0 Å². The maximum atomic E-state index is 13.8. The summed E-state index contributed by atoms with van der Waals surface area (Å²) < 4.78 is 13.8. The highest BCUT2D eigenvalue weighted by Gasteiger charge is 2.15. The molecule has 2 aromatic rings. The molecule has 0 fully saturated rings. The van der Waals surface area contributed by atoms with Crippen molar-refractivity contribution in [2.45, 2.75) is 26.9 Å². The zero-order valence-corrected chi connectivity index (χ0v) is 14.5. The fourth-order valence-corrected chi connectivity index (χ4v) is 2.62. The minimum absolute atomic E-state index is 0.0284. The molecule has 2 rings (SSSR count). The Bertz CT molecular complexity index is 800. The third-order valence-corrected chi connectivity index (χ3v) is 4.07. The van der Waals surface area contributed by atoms with Gasteiger partial charge in [0.15, 0.2) is 0 Å². The van der Waals surface area contributed by atoms with Crippen LogP contribution >= 0.6 is 11.6 Å². The van der Waals surface area contributed by atoms with Crippen LogP contribution in [0.1, 0.15) is 22.4 Å². The summed E-state index contributed by atoms with van der Waals surface area (Å²) in [6.45, 7) is 3.73. The van der Waals surface area contributed by atoms with Crippen LogP contribution in [0.15, 0.2) is 29.1 Å². The normalized spacial score (nSPS) is 10.5. The number of aromatic amines is 1. The summed E-state index contributed by atoms with van der Waals surface area (Å²) in [6, 6.07) is 5.79. The number of benzene rings is 1. The molecule has 128 valence electrons. The molecule has 5 nitrogen and oxygen atoms in total. The number of urea groups is 1. The van der Waals surface area contributed by atoms with E-state index in [4.69, 9.17) is 11.6 Å². The fourth-order valence-electron chi connectivity index (χ4n) is 2.39. The molecule has 0 aliphatic rings. The molecule has 0 spiro atoms. The Balaban J connectivity index is 2.04. The summed E-state index contributed by atoms with van der Waals surface area (Å²) in [6.07, 6.45) is 0. The first-order chi connectivity index (χ1) is 11.3. The molecule has 0 atom stereocenters. The highest BCUT2D eigenvalue weighted by atomic mass is 35.5. The number of carbonyl (C=O) groups is 1. The van der Waals surface area contributed by atoms with Crippen LogP contribution in [0.5, 0.6) is 0 Å². The van der Waals surface area contributed by atoms with Gasteiger partial charge in [0.25, 0.3) is 5.56 Å². The van der Waals surface area contributed by atoms with Crippen LogP contribution < -0.4 is 10.9 Å². The van der Waals surface area contributed by atoms with Gasteiger partial charge in [-0.2, -0.15) is 0 Å². The van der Waals surface area contributed by atoms with E-state index in [1.807, 2.05) is 13.0 Å². The van der Waals surface area contributed by atoms with Crippen molar-refractivity contribution in [3.63, 3.8) is 0 Å². The number of pyridine rings is 1. The monoisotopic (exact) mass is 351 g/mol. The number of aromatic nitrogens is 1. The second-order valence-corrected chi connectivity index (χ2v) is 6.07. The van der Waals surface area contributed by atoms with Gasteiger partial charge in [-0.05, 0) is 37.6 Å². The summed E-state index contributed by atoms with van der Waals surface area (Å²) in [7, 11) is 1.53. The lowest BCUT2D eigenvalue weighted by atomic mass is 10.1. The third kappa shape index (κ3) is 4.14. The van der Waals surface area contributed by atoms with Crippen LogP contribution in [0.4, 0.5) is 9.18 Å². The lowest BCUT2D eigenvalue weighted by molar-refractivity contribution is 0.206. The quantitative estimate of drug-likeness (QED) is 0.888. The van der Waals surface area contributed by atoms with Crippen LogP contribution in [0, 0.1) is 19.7 Å². The van der Waals surface area contributed by atoms with Gasteiger partial charge in [0.05, 0.1) is 13.1 Å². The van der Waals surface area contributed by atoms with Crippen molar-refractivity contribution in [3.05, 3.63) is 67.8 Å². The molecule has 0 bridgehead atoms. The molecular weight excluding hydrogens is 333 g/mol. The summed E-state index contributed by atoms with van der Waals surface area (Å²) in [5.41, 5.74) is 2.08. The van der Waals surface area contributed by atoms with Gasteiger partial charge in [0, 0.05) is 28.9 Å². The van der Waals surface area contributed by atoms with Gasteiger partial charge in [0.2, 0.25) is 0 Å². The number of carbonyl (C=O) groups excluding carboxylic acids is 1. The molecule has 24 heavy (non-hydrogen) atoms. The molecule has 2 amide bonds. The number of halogens is 2. The van der Waals surface area contributed by atoms with Crippen LogP contribution in [0.3, 0.4) is 0 Å². The maximum absolute atomic E-state index is 13.8. The average Bonchev–Trinajstić information content (AvgIpc) is 2.49. The zero-order valence-electron chi connectivity index (χ0n) is 13.7. The minimum Gasteiger partial charge on any atom is -0.334 e. The molecule has 0 saturated carbocycles. The van der Waals surface area contributed by atoms with Crippen molar-refractivity contribution in [3.8, 4) is 0 Å². The van der Waals surface area contributed by atoms with E-state index in [0.717, 1.165) is 11.3 Å². The number of aryl methyl sites for hydroxylation is 2. The second-order valence-electron chi connectivity index (χ2n) is 5.66. The average molecular weight is 352 g/mol. The van der Waals surface area contributed by atoms with Crippen molar-refractivity contribution in [2.75, 3.05) is 7.05 Å². The fraction of sp³-hybridized carbons (Fsp3) is 0.294. The molecule has 0 aliphatic heterocycles. The Hall–Kier alpha value is -2.34. The van der Waals surface area contributed by atoms with E-state index in [1.165, 1.54) is 24.1 Å². The highest BCUT2D eigenvalue weighted by molar-refractivity contribution is 6.31. The first kappa shape index (κ1) is 18.0. The molecule has 1 aromatic carbocycles. The number of H-pyrrole nitrogens is 1. The molecular formula is C17H19ClFN3O2. The van der Waals surface area contributed by atoms with Gasteiger partial charge < -0.3 is 15.2 Å². The van der Waals surface area contributed by atoms with Gasteiger partial charge in [-0.3, -0.25) is 4.79 Å². The molecule has 0 unspecified atom stereocenters. The Morgan fingerprint density at radius 3 is 2.67 bits per heavy atom. The standard InChI is InChI=1S/C17H19ClFN3O2/c1-10-7-11(2)21-16(23)12(10)8-20-17(24)22(3)9-13-14(18)5-4-6-15(13)19/h4-7H,8-9H2,1-3H3,(H,20,24)(H,21,23). The van der Waals surface area contributed by atoms with E-state index in [9.17, 15) is 14.0 Å². The van der Waals surface area contributed by atoms with Crippen LogP contribution in [0.25, 0.3) is 0 Å². The first-order valence-corrected chi connectivity index (χ1v) is 7.78. The van der Waals surface area contributed by atoms with Crippen molar-refractivity contribution in [1.82, 2.24) is 15.2 Å². The van der Waals surface area contributed by atoms with Gasteiger partial charge in [-0.25, -0.2) is 9.18 Å². The van der Waals surface area contributed by atoms with Crippen molar-refractivity contribution in [2.24, 2.45) is 0 Å². The number of hydrogen-bond acceptors (Lipinski definition) is 2. The predicted molar refractivity (Wildman–Crippen MR) is 91.6 cm³/mol. The molecule has 7 heteroatoms. The number of nitrogens with zero attached hydrogens (tertiary/aromatic N) is 1. The summed E-state index contributed by atoms with van der Waals surface area (Å²) in [4.78, 5) is 28.1. The van der Waals surface area contributed by atoms with Crippen molar-refractivity contribution < 1.29 is 9.18 Å². The molecule has 0 aliphatic carbocycles. The summed E-state index contributed by atoms with van der Waals surface area (Å²) in [5.74, 6) is -0.465. The second kappa shape index (κ2) is 7.49. The Labute approximate surface area is 144 Å². The van der Waals surface area contributed by atoms with Gasteiger partial charge >= 0.3 is 6.03 Å². The minimum atomic E-state index is -0.465. The Kier molecular flexibility index (Phi) is 5.62. The number of nitrogens with one attached hydrogen (secondary N) is 2. The van der Waals surface area contributed by atoms with E-state index in [2.05, 4.69) is 10.3 Å². The lowest BCUT2D eigenvalue weighted by Crippen LogP contribution is -2.38. The van der Waals surface area contributed by atoms with Gasteiger partial charge in [-0.1, -0.05) is 17.7 Å². The van der Waals surface area contributed by atoms with Gasteiger partial charge in [-0.15, -0.1) is 0 Å². The predicted octanol–water partition coefficient (Wildman–Crippen LogP) is 3.13. The van der Waals surface area contributed by atoms with E-state index >= 15 is 0 Å². The van der Waals surface area contributed by atoms with E-state index in [1.54, 1.807) is 13.0 Å². The van der Waals surface area contributed by atoms with E-state index in [-0.39, 0.29) is 29.2 Å². The largest absolute Gasteiger partial charge is 0.334 e.